The van der Waals surface area contributed by atoms with Crippen molar-refractivity contribution in [1.29, 1.82) is 0 Å². The number of pyridine rings is 1. The Morgan fingerprint density at radius 1 is 1.13 bits per heavy atom. The molecule has 1 aliphatic carbocycles. The van der Waals surface area contributed by atoms with Crippen LogP contribution in [0.3, 0.4) is 0 Å². The van der Waals surface area contributed by atoms with Gasteiger partial charge in [0.05, 0.1) is 15.9 Å². The minimum absolute atomic E-state index is 0.207. The molecule has 1 unspecified atom stereocenters. The fourth-order valence-corrected chi connectivity index (χ4v) is 5.38. The van der Waals surface area contributed by atoms with Gasteiger partial charge in [-0.25, -0.2) is 4.98 Å². The van der Waals surface area contributed by atoms with E-state index in [1.807, 2.05) is 37.9 Å². The molecule has 1 atom stereocenters. The summed E-state index contributed by atoms with van der Waals surface area (Å²) in [6.07, 6.45) is 6.43. The molecular weight excluding hydrogens is 304 g/mol. The second-order valence-electron chi connectivity index (χ2n) is 8.73. The molecule has 3 rings (SSSR count). The number of aromatic nitrogens is 1. The van der Waals surface area contributed by atoms with Gasteiger partial charge in [-0.05, 0) is 63.0 Å². The van der Waals surface area contributed by atoms with Crippen LogP contribution in [-0.2, 0) is 0 Å². The van der Waals surface area contributed by atoms with Crippen LogP contribution in [0.5, 0.6) is 0 Å². The molecule has 2 heterocycles. The molecular formula is C19H30N2OS. The number of anilines is 1. The van der Waals surface area contributed by atoms with Gasteiger partial charge in [0, 0.05) is 12.2 Å². The Kier molecular flexibility index (Phi) is 4.43. The second kappa shape index (κ2) is 5.96. The Bertz CT molecular complexity index is 553. The van der Waals surface area contributed by atoms with Crippen LogP contribution in [0.4, 0.5) is 5.82 Å². The van der Waals surface area contributed by atoms with Crippen molar-refractivity contribution in [3.05, 3.63) is 18.3 Å². The van der Waals surface area contributed by atoms with E-state index in [4.69, 9.17) is 4.98 Å². The van der Waals surface area contributed by atoms with Crippen LogP contribution < -0.4 is 4.90 Å². The highest BCUT2D eigenvalue weighted by Gasteiger charge is 2.44. The van der Waals surface area contributed by atoms with Gasteiger partial charge in [0.1, 0.15) is 5.82 Å². The summed E-state index contributed by atoms with van der Waals surface area (Å²) in [5.74, 6) is 1.59. The van der Waals surface area contributed by atoms with Crippen LogP contribution in [0.15, 0.2) is 23.2 Å². The van der Waals surface area contributed by atoms with Crippen molar-refractivity contribution >= 4 is 17.6 Å². The molecule has 0 bridgehead atoms. The van der Waals surface area contributed by atoms with Gasteiger partial charge in [-0.15, -0.1) is 0 Å². The van der Waals surface area contributed by atoms with E-state index >= 15 is 0 Å². The van der Waals surface area contributed by atoms with Crippen molar-refractivity contribution in [2.24, 2.45) is 11.3 Å². The fourth-order valence-electron chi connectivity index (χ4n) is 3.98. The molecule has 0 aromatic carbocycles. The highest BCUT2D eigenvalue weighted by Crippen LogP contribution is 2.51. The average Bonchev–Trinajstić information content (AvgIpc) is 2.86. The van der Waals surface area contributed by atoms with Crippen molar-refractivity contribution in [2.45, 2.75) is 82.2 Å². The van der Waals surface area contributed by atoms with Crippen molar-refractivity contribution in [3.63, 3.8) is 0 Å². The average molecular weight is 335 g/mol. The number of nitrogens with zero attached hydrogens (tertiary/aromatic N) is 2. The minimum Gasteiger partial charge on any atom is -0.390 e. The fraction of sp³-hybridized carbons (Fsp3) is 0.737. The SMILES string of the molecule is CC(C)(C)C1Sc2cccnc2N1C1CCC(C(C)(C)O)CC1. The minimum atomic E-state index is -0.551. The van der Waals surface area contributed by atoms with E-state index in [2.05, 4.69) is 31.7 Å². The lowest BCUT2D eigenvalue weighted by atomic mass is 9.76. The molecule has 1 N–H and O–H groups in total. The molecule has 4 heteroatoms. The lowest BCUT2D eigenvalue weighted by Crippen LogP contribution is -2.48. The van der Waals surface area contributed by atoms with Crippen LogP contribution in [0.1, 0.15) is 60.3 Å². The van der Waals surface area contributed by atoms with E-state index in [-0.39, 0.29) is 5.41 Å². The van der Waals surface area contributed by atoms with E-state index in [0.717, 1.165) is 25.7 Å². The molecule has 1 aliphatic heterocycles. The van der Waals surface area contributed by atoms with Crippen molar-refractivity contribution in [3.8, 4) is 0 Å². The van der Waals surface area contributed by atoms with Crippen LogP contribution in [-0.4, -0.2) is 27.1 Å². The first kappa shape index (κ1) is 17.1. The molecule has 3 nitrogen and oxygen atoms in total. The smallest absolute Gasteiger partial charge is 0.143 e. The molecule has 1 aromatic heterocycles. The summed E-state index contributed by atoms with van der Waals surface area (Å²) in [4.78, 5) is 8.60. The maximum atomic E-state index is 10.3. The molecule has 1 aromatic rings. The zero-order valence-corrected chi connectivity index (χ0v) is 15.9. The molecule has 2 aliphatic rings. The third-order valence-electron chi connectivity index (χ3n) is 5.32. The molecule has 1 saturated carbocycles. The van der Waals surface area contributed by atoms with E-state index in [0.29, 0.717) is 17.3 Å². The summed E-state index contributed by atoms with van der Waals surface area (Å²) in [6, 6.07) is 4.79. The van der Waals surface area contributed by atoms with Crippen molar-refractivity contribution < 1.29 is 5.11 Å². The number of aliphatic hydroxyl groups is 1. The summed E-state index contributed by atoms with van der Waals surface area (Å²) in [6.45, 7) is 10.9. The summed E-state index contributed by atoms with van der Waals surface area (Å²) in [5, 5.41) is 10.7. The van der Waals surface area contributed by atoms with E-state index < -0.39 is 5.60 Å². The molecule has 1 fully saturated rings. The molecule has 23 heavy (non-hydrogen) atoms. The van der Waals surface area contributed by atoms with E-state index in [9.17, 15) is 5.11 Å². The van der Waals surface area contributed by atoms with Gasteiger partial charge in [0.2, 0.25) is 0 Å². The van der Waals surface area contributed by atoms with Gasteiger partial charge < -0.3 is 10.0 Å². The first-order valence-electron chi connectivity index (χ1n) is 8.80. The highest BCUT2D eigenvalue weighted by molar-refractivity contribution is 8.00. The Morgan fingerprint density at radius 3 is 2.35 bits per heavy atom. The third kappa shape index (κ3) is 3.39. The molecule has 0 spiro atoms. The van der Waals surface area contributed by atoms with Gasteiger partial charge in [-0.1, -0.05) is 32.5 Å². The van der Waals surface area contributed by atoms with Gasteiger partial charge in [-0.3, -0.25) is 0 Å². The van der Waals surface area contributed by atoms with E-state index in [1.54, 1.807) is 0 Å². The summed E-state index contributed by atoms with van der Waals surface area (Å²) < 4.78 is 0. The van der Waals surface area contributed by atoms with Crippen LogP contribution in [0.2, 0.25) is 0 Å². The summed E-state index contributed by atoms with van der Waals surface area (Å²) in [5.41, 5.74) is -0.344. The quantitative estimate of drug-likeness (QED) is 0.851. The predicted octanol–water partition coefficient (Wildman–Crippen LogP) is 4.70. The molecule has 0 amide bonds. The number of hydrogen-bond acceptors (Lipinski definition) is 4. The zero-order valence-electron chi connectivity index (χ0n) is 15.0. The Balaban J connectivity index is 1.82. The van der Waals surface area contributed by atoms with Crippen molar-refractivity contribution in [1.82, 2.24) is 4.98 Å². The topological polar surface area (TPSA) is 36.4 Å². The van der Waals surface area contributed by atoms with Crippen LogP contribution >= 0.6 is 11.8 Å². The first-order chi connectivity index (χ1) is 10.7. The largest absolute Gasteiger partial charge is 0.390 e. The lowest BCUT2D eigenvalue weighted by Gasteiger charge is -2.44. The highest BCUT2D eigenvalue weighted by atomic mass is 32.2. The lowest BCUT2D eigenvalue weighted by molar-refractivity contribution is -0.00192. The molecule has 128 valence electrons. The third-order valence-corrected chi connectivity index (χ3v) is 7.05. The van der Waals surface area contributed by atoms with Crippen molar-refractivity contribution in [2.75, 3.05) is 4.90 Å². The maximum absolute atomic E-state index is 10.3. The molecule has 0 saturated heterocycles. The second-order valence-corrected chi connectivity index (χ2v) is 9.85. The van der Waals surface area contributed by atoms with Gasteiger partial charge in [-0.2, -0.15) is 0 Å². The Morgan fingerprint density at radius 2 is 1.78 bits per heavy atom. The standard InChI is InChI=1S/C19H30N2OS/c1-18(2,3)17-21(16-15(23-17)7-6-12-20-16)14-10-8-13(9-11-14)19(4,5)22/h6-7,12-14,17,22H,8-11H2,1-5H3. The number of thioether (sulfide) groups is 1. The predicted molar refractivity (Wildman–Crippen MR) is 97.9 cm³/mol. The number of rotatable bonds is 2. The monoisotopic (exact) mass is 334 g/mol. The van der Waals surface area contributed by atoms with E-state index in [1.165, 1.54) is 10.7 Å². The normalized spacial score (nSPS) is 28.8. The number of fused-ring (bicyclic) bond motifs is 1. The van der Waals surface area contributed by atoms with Gasteiger partial charge in [0.25, 0.3) is 0 Å². The number of hydrogen-bond donors (Lipinski definition) is 1. The van der Waals surface area contributed by atoms with Gasteiger partial charge in [0.15, 0.2) is 0 Å². The Labute approximate surface area is 144 Å². The van der Waals surface area contributed by atoms with Gasteiger partial charge >= 0.3 is 0 Å². The Hall–Kier alpha value is -0.740. The summed E-state index contributed by atoms with van der Waals surface area (Å²) in [7, 11) is 0. The first-order valence-corrected chi connectivity index (χ1v) is 9.68. The zero-order chi connectivity index (χ0) is 16.8. The summed E-state index contributed by atoms with van der Waals surface area (Å²) >= 11 is 1.97. The maximum Gasteiger partial charge on any atom is 0.143 e. The molecule has 0 radical (unpaired) electrons. The van der Waals surface area contributed by atoms with Crippen LogP contribution in [0, 0.1) is 11.3 Å². The van der Waals surface area contributed by atoms with Crippen LogP contribution in [0.25, 0.3) is 0 Å².